The number of hydrogen-bond acceptors (Lipinski definition) is 14. The number of ketones is 1. The third-order valence-corrected chi connectivity index (χ3v) is 15.1. The van der Waals surface area contributed by atoms with Gasteiger partial charge in [0.15, 0.2) is 28.8 Å². The summed E-state index contributed by atoms with van der Waals surface area (Å²) in [6.45, 7) is 15.7. The van der Waals surface area contributed by atoms with E-state index in [0.717, 1.165) is 45.3 Å². The zero-order valence-corrected chi connectivity index (χ0v) is 38.5. The number of H-pyrrole nitrogens is 1. The van der Waals surface area contributed by atoms with E-state index in [1.807, 2.05) is 52.8 Å². The molecule has 336 valence electrons. The highest BCUT2D eigenvalue weighted by atomic mass is 32.2. The van der Waals surface area contributed by atoms with Crippen molar-refractivity contribution in [2.75, 3.05) is 46.5 Å². The Balaban J connectivity index is 1.25. The smallest absolute Gasteiger partial charge is 0.493 e. The molecule has 7 atom stereocenters. The van der Waals surface area contributed by atoms with Gasteiger partial charge in [-0.3, -0.25) is 19.9 Å². The zero-order valence-electron chi connectivity index (χ0n) is 37.7. The average molecular weight is 883 g/mol. The van der Waals surface area contributed by atoms with Crippen LogP contribution >= 0.6 is 11.8 Å². The molecule has 11 rings (SSSR count). The Hall–Kier alpha value is -4.51. The Morgan fingerprint density at radius 2 is 1.76 bits per heavy atom. The minimum Gasteiger partial charge on any atom is -0.493 e. The lowest BCUT2D eigenvalue weighted by Crippen LogP contribution is -2.69. The molecule has 0 aliphatic carbocycles. The first-order valence-corrected chi connectivity index (χ1v) is 23.0. The van der Waals surface area contributed by atoms with Crippen molar-refractivity contribution in [1.82, 2.24) is 20.1 Å². The van der Waals surface area contributed by atoms with Crippen molar-refractivity contribution in [3.63, 3.8) is 0 Å². The molecular weight excluding hydrogens is 825 g/mol. The Labute approximate surface area is 372 Å². The molecule has 3 N–H and O–H groups in total. The maximum atomic E-state index is 15.1. The highest BCUT2D eigenvalue weighted by Gasteiger charge is 2.61. The number of aliphatic hydroxyl groups excluding tert-OH is 1. The van der Waals surface area contributed by atoms with E-state index in [2.05, 4.69) is 39.3 Å². The summed E-state index contributed by atoms with van der Waals surface area (Å²) in [5, 5.41) is 17.2. The predicted octanol–water partition coefficient (Wildman–Crippen LogP) is 7.08. The number of para-hydroxylation sites is 1. The number of piperazine rings is 1. The summed E-state index contributed by atoms with van der Waals surface area (Å²) >= 11 is 1.60. The first-order chi connectivity index (χ1) is 29.9. The van der Waals surface area contributed by atoms with Gasteiger partial charge in [-0.15, -0.1) is 11.8 Å². The maximum absolute atomic E-state index is 15.1. The summed E-state index contributed by atoms with van der Waals surface area (Å²) in [5.41, 5.74) is 5.29. The molecule has 7 aliphatic rings. The molecule has 4 aromatic rings. The van der Waals surface area contributed by atoms with Gasteiger partial charge in [0.2, 0.25) is 6.79 Å². The Morgan fingerprint density at radius 1 is 1.00 bits per heavy atom. The van der Waals surface area contributed by atoms with Crippen LogP contribution in [0.3, 0.4) is 0 Å². The van der Waals surface area contributed by atoms with Crippen LogP contribution in [0.1, 0.15) is 104 Å². The second-order valence-corrected chi connectivity index (χ2v) is 20.9. The number of rotatable bonds is 3. The number of nitrogens with zero attached hydrogens (tertiary/aromatic N) is 2. The molecule has 8 heterocycles. The number of methoxy groups -OCH3 is 1. The Kier molecular flexibility index (Phi) is 10.1. The minimum atomic E-state index is -1.17. The second kappa shape index (κ2) is 15.0. The zero-order chi connectivity index (χ0) is 44.5. The van der Waals surface area contributed by atoms with Crippen LogP contribution in [-0.2, 0) is 32.6 Å². The van der Waals surface area contributed by atoms with Crippen LogP contribution in [0.4, 0.5) is 4.79 Å². The van der Waals surface area contributed by atoms with Crippen LogP contribution in [0.15, 0.2) is 30.3 Å². The molecule has 1 spiro atoms. The van der Waals surface area contributed by atoms with Crippen molar-refractivity contribution in [2.24, 2.45) is 0 Å². The lowest BCUT2D eigenvalue weighted by molar-refractivity contribution is -0.181. The van der Waals surface area contributed by atoms with Gasteiger partial charge in [-0.25, -0.2) is 4.79 Å². The third kappa shape index (κ3) is 6.62. The second-order valence-electron chi connectivity index (χ2n) is 19.8. The molecule has 7 aliphatic heterocycles. The number of aryl methyl sites for hydroxylation is 1. The summed E-state index contributed by atoms with van der Waals surface area (Å²) < 4.78 is 44.6. The number of carbonyl (C=O) groups excluding carboxylic acids is 2. The van der Waals surface area contributed by atoms with Gasteiger partial charge in [-0.05, 0) is 98.0 Å². The van der Waals surface area contributed by atoms with Gasteiger partial charge in [0.05, 0.1) is 37.1 Å². The van der Waals surface area contributed by atoms with Gasteiger partial charge in [-0.2, -0.15) is 0 Å². The highest BCUT2D eigenvalue weighted by Crippen LogP contribution is 2.64. The fraction of sp³-hybridized carbons (Fsp3) is 0.542. The number of likely N-dealkylation sites (N-methyl/N-ethyl adjacent to an activating group) is 1. The maximum Gasteiger partial charge on any atom is 0.514 e. The average Bonchev–Trinajstić information content (AvgIpc) is 3.85. The number of benzene rings is 3. The molecule has 4 bridgehead atoms. The number of hydrogen-bond donors (Lipinski definition) is 3. The molecule has 14 nitrogen and oxygen atoms in total. The standard InChI is InChI=1S/C48H58N4O10S/c1-23-17-25-18-29-44(54)52-30-19-57-20-31(53)48(43-27(15-16-49-48)26-13-11-12-14-28(26)50-43)21-63-42(36(52)35(51(29)9)32(25)41(37(23)56-10)61-46(3,4)5)34-33(30)40-39(58-22-59-40)24(2)38(34)60-45(55)62-47(6,7)8/h11-14,17,29-30,35-36,42,44,49-50,54H,15-16,18-22H2,1-10H3/t29-,30-,35+,36?,42+,44-,48-/m0/s1. The number of fused-ring (bicyclic) bond motifs is 12. The van der Waals surface area contributed by atoms with E-state index < -0.39 is 52.5 Å². The number of Topliss-reactive ketones (excluding diaryl/α,β-unsaturated/α-hetero) is 1. The van der Waals surface area contributed by atoms with E-state index in [1.165, 1.54) is 0 Å². The number of aromatic amines is 1. The van der Waals surface area contributed by atoms with Gasteiger partial charge in [0.1, 0.15) is 35.3 Å². The van der Waals surface area contributed by atoms with Crippen molar-refractivity contribution in [1.29, 1.82) is 0 Å². The number of thioether (sulfide) groups is 1. The Morgan fingerprint density at radius 3 is 2.51 bits per heavy atom. The fourth-order valence-corrected chi connectivity index (χ4v) is 12.9. The summed E-state index contributed by atoms with van der Waals surface area (Å²) in [5.74, 6) is 2.76. The molecule has 1 aromatic heterocycles. The third-order valence-electron chi connectivity index (χ3n) is 13.6. The van der Waals surface area contributed by atoms with Crippen molar-refractivity contribution < 1.29 is 47.9 Å². The largest absolute Gasteiger partial charge is 0.514 e. The molecule has 1 unspecified atom stereocenters. The van der Waals surface area contributed by atoms with E-state index in [-0.39, 0.29) is 37.6 Å². The Bertz CT molecular complexity index is 2540. The topological polar surface area (TPSA) is 153 Å². The van der Waals surface area contributed by atoms with Crippen LogP contribution in [-0.4, -0.2) is 108 Å². The normalized spacial score (nSPS) is 27.9. The summed E-state index contributed by atoms with van der Waals surface area (Å²) in [6.07, 6.45) is -0.556. The number of carbonyl (C=O) groups is 2. The van der Waals surface area contributed by atoms with Crippen LogP contribution in [0, 0.1) is 13.8 Å². The first-order valence-electron chi connectivity index (χ1n) is 21.9. The van der Waals surface area contributed by atoms with Crippen molar-refractivity contribution in [3.05, 3.63) is 75.0 Å². The van der Waals surface area contributed by atoms with Crippen LogP contribution in [0.5, 0.6) is 28.7 Å². The summed E-state index contributed by atoms with van der Waals surface area (Å²) in [6, 6.07) is 8.44. The van der Waals surface area contributed by atoms with Crippen LogP contribution in [0.2, 0.25) is 0 Å². The van der Waals surface area contributed by atoms with E-state index in [9.17, 15) is 9.90 Å². The predicted molar refractivity (Wildman–Crippen MR) is 237 cm³/mol. The molecule has 63 heavy (non-hydrogen) atoms. The van der Waals surface area contributed by atoms with Crippen LogP contribution < -0.4 is 29.0 Å². The van der Waals surface area contributed by atoms with Gasteiger partial charge in [-0.1, -0.05) is 24.3 Å². The van der Waals surface area contributed by atoms with E-state index in [1.54, 1.807) is 39.6 Å². The van der Waals surface area contributed by atoms with Gasteiger partial charge < -0.3 is 43.2 Å². The minimum absolute atomic E-state index is 0.0165. The van der Waals surface area contributed by atoms with Gasteiger partial charge in [0, 0.05) is 57.2 Å². The first kappa shape index (κ1) is 42.4. The quantitative estimate of drug-likeness (QED) is 0.142. The lowest BCUT2D eigenvalue weighted by atomic mass is 9.73. The van der Waals surface area contributed by atoms with E-state index in [4.69, 9.17) is 33.2 Å². The summed E-state index contributed by atoms with van der Waals surface area (Å²) in [7, 11) is 3.74. The van der Waals surface area contributed by atoms with Crippen LogP contribution in [0.25, 0.3) is 10.9 Å². The highest BCUT2D eigenvalue weighted by molar-refractivity contribution is 7.99. The lowest BCUT2D eigenvalue weighted by Gasteiger charge is -2.62. The van der Waals surface area contributed by atoms with E-state index in [0.29, 0.717) is 58.4 Å². The molecule has 15 heteroatoms. The number of ether oxygens (including phenoxy) is 7. The number of aromatic nitrogens is 1. The van der Waals surface area contributed by atoms with Crippen molar-refractivity contribution >= 4 is 34.6 Å². The monoisotopic (exact) mass is 882 g/mol. The molecular formula is C48H58N4O10S. The number of aliphatic hydroxyl groups is 1. The molecule has 0 radical (unpaired) electrons. The van der Waals surface area contributed by atoms with Gasteiger partial charge in [0.25, 0.3) is 0 Å². The van der Waals surface area contributed by atoms with Crippen molar-refractivity contribution in [3.8, 4) is 28.7 Å². The van der Waals surface area contributed by atoms with E-state index >= 15 is 4.79 Å². The molecule has 2 fully saturated rings. The number of nitrogens with one attached hydrogen (secondary N) is 2. The summed E-state index contributed by atoms with van der Waals surface area (Å²) in [4.78, 5) is 37.1. The fourth-order valence-electron chi connectivity index (χ4n) is 11.2. The molecule has 0 saturated carbocycles. The van der Waals surface area contributed by atoms with Crippen molar-refractivity contribution in [2.45, 2.75) is 121 Å². The van der Waals surface area contributed by atoms with Gasteiger partial charge >= 0.3 is 6.16 Å². The molecule has 2 saturated heterocycles. The molecule has 0 amide bonds. The molecule has 3 aromatic carbocycles. The SMILES string of the molecule is COc1c(C)cc2c(c1OC(C)(C)C)[C@@H]1C3[C@@H]4SC[C@]5(NCCc6c5[nH]c5ccccc65)C(=O)COC[C@@H](c5c6c(c(C)c(OC(=O)OC(C)(C)C)c54)OCO6)N3[C@@H](O)[C@H](C2)N1C.